The summed E-state index contributed by atoms with van der Waals surface area (Å²) in [4.78, 5) is 17.1. The highest BCUT2D eigenvalue weighted by Gasteiger charge is 2.08. The number of carbonyl (C=O) groups is 1. The zero-order valence-electron chi connectivity index (χ0n) is 14.1. The lowest BCUT2D eigenvalue weighted by Crippen LogP contribution is -2.22. The number of hydrogen-bond donors (Lipinski definition) is 1. The lowest BCUT2D eigenvalue weighted by molar-refractivity contribution is -0.255. The van der Waals surface area contributed by atoms with E-state index in [4.69, 9.17) is 0 Å². The summed E-state index contributed by atoms with van der Waals surface area (Å²) in [5.74, 6) is -1.18. The maximum absolute atomic E-state index is 11.3. The molecule has 0 atom stereocenters. The molecule has 0 unspecified atom stereocenters. The highest BCUT2D eigenvalue weighted by Crippen LogP contribution is 2.32. The minimum atomic E-state index is -1.18. The number of hydrogen-bond acceptors (Lipinski definition) is 5. The fourth-order valence-electron chi connectivity index (χ4n) is 2.70. The van der Waals surface area contributed by atoms with Gasteiger partial charge in [0.1, 0.15) is 0 Å². The molecule has 4 rings (SSSR count). The van der Waals surface area contributed by atoms with Crippen LogP contribution < -0.4 is 5.11 Å². The van der Waals surface area contributed by atoms with Gasteiger partial charge in [-0.15, -0.1) is 0 Å². The van der Waals surface area contributed by atoms with Crippen LogP contribution in [0.25, 0.3) is 23.1 Å². The van der Waals surface area contributed by atoms with E-state index < -0.39 is 5.97 Å². The number of nitrogens with one attached hydrogen (secondary N) is 1. The third-order valence-electron chi connectivity index (χ3n) is 4.00. The first-order chi connectivity index (χ1) is 13.2. The first kappa shape index (κ1) is 17.1. The smallest absolute Gasteiger partial charge is 0.0928 e. The maximum atomic E-state index is 11.3. The van der Waals surface area contributed by atoms with Crippen molar-refractivity contribution in [1.82, 2.24) is 15.2 Å². The van der Waals surface area contributed by atoms with Gasteiger partial charge in [-0.05, 0) is 48.6 Å². The molecule has 0 aliphatic rings. The van der Waals surface area contributed by atoms with Gasteiger partial charge >= 0.3 is 0 Å². The Morgan fingerprint density at radius 1 is 1.04 bits per heavy atom. The first-order valence-electron chi connectivity index (χ1n) is 8.26. The van der Waals surface area contributed by atoms with E-state index in [1.54, 1.807) is 24.4 Å². The van der Waals surface area contributed by atoms with Crippen molar-refractivity contribution in [3.8, 4) is 0 Å². The van der Waals surface area contributed by atoms with Crippen LogP contribution in [0.2, 0.25) is 0 Å². The molecule has 5 nitrogen and oxygen atoms in total. The largest absolute Gasteiger partial charge is 0.545 e. The van der Waals surface area contributed by atoms with E-state index in [1.165, 1.54) is 11.8 Å². The van der Waals surface area contributed by atoms with Crippen molar-refractivity contribution in [2.45, 2.75) is 9.79 Å². The van der Waals surface area contributed by atoms with Crippen LogP contribution >= 0.6 is 11.8 Å². The van der Waals surface area contributed by atoms with Crippen molar-refractivity contribution >= 4 is 40.8 Å². The minimum absolute atomic E-state index is 0.186. The normalized spacial score (nSPS) is 11.3. The highest BCUT2D eigenvalue weighted by molar-refractivity contribution is 7.99. The molecule has 0 aliphatic heterocycles. The molecule has 4 aromatic rings. The van der Waals surface area contributed by atoms with Crippen LogP contribution in [0.15, 0.2) is 76.7 Å². The van der Waals surface area contributed by atoms with Crippen molar-refractivity contribution in [2.24, 2.45) is 0 Å². The monoisotopic (exact) mass is 372 g/mol. The molecule has 2 heterocycles. The average Bonchev–Trinajstić information content (AvgIpc) is 3.10. The molecule has 2 aromatic heterocycles. The summed E-state index contributed by atoms with van der Waals surface area (Å²) >= 11 is 1.38. The second-order valence-corrected chi connectivity index (χ2v) is 6.91. The van der Waals surface area contributed by atoms with Gasteiger partial charge in [0.05, 0.1) is 22.9 Å². The Kier molecular flexibility index (Phi) is 4.72. The molecule has 0 radical (unpaired) electrons. The first-order valence-corrected chi connectivity index (χ1v) is 9.08. The van der Waals surface area contributed by atoms with E-state index in [0.717, 1.165) is 27.2 Å². The molecule has 27 heavy (non-hydrogen) atoms. The Balaban J connectivity index is 1.61. The summed E-state index contributed by atoms with van der Waals surface area (Å²) in [5, 5.41) is 19.6. The van der Waals surface area contributed by atoms with Crippen molar-refractivity contribution in [2.75, 3.05) is 0 Å². The molecule has 0 saturated carbocycles. The number of H-pyrrole nitrogens is 1. The minimum Gasteiger partial charge on any atom is -0.545 e. The number of carboxylic acids is 1. The van der Waals surface area contributed by atoms with Crippen molar-refractivity contribution in [3.63, 3.8) is 0 Å². The molecule has 0 amide bonds. The summed E-state index contributed by atoms with van der Waals surface area (Å²) in [6.45, 7) is 0. The van der Waals surface area contributed by atoms with Gasteiger partial charge in [0.2, 0.25) is 0 Å². The third kappa shape index (κ3) is 3.75. The molecular weight excluding hydrogens is 358 g/mol. The highest BCUT2D eigenvalue weighted by atomic mass is 32.2. The number of aromatic nitrogens is 3. The van der Waals surface area contributed by atoms with Gasteiger partial charge < -0.3 is 9.90 Å². The Hall–Kier alpha value is -3.38. The number of rotatable bonds is 5. The molecule has 2 aromatic carbocycles. The predicted octanol–water partition coefficient (Wildman–Crippen LogP) is 3.64. The summed E-state index contributed by atoms with van der Waals surface area (Å²) in [6, 6.07) is 18.4. The zero-order valence-corrected chi connectivity index (χ0v) is 14.9. The number of carbonyl (C=O) groups excluding carboxylic acids is 1. The van der Waals surface area contributed by atoms with E-state index >= 15 is 0 Å². The molecule has 6 heteroatoms. The van der Waals surface area contributed by atoms with E-state index in [1.807, 2.05) is 54.6 Å². The van der Waals surface area contributed by atoms with Gasteiger partial charge in [-0.3, -0.25) is 10.1 Å². The lowest BCUT2D eigenvalue weighted by atomic mass is 10.2. The summed E-state index contributed by atoms with van der Waals surface area (Å²) in [7, 11) is 0. The van der Waals surface area contributed by atoms with E-state index in [0.29, 0.717) is 4.90 Å². The van der Waals surface area contributed by atoms with Gasteiger partial charge in [0, 0.05) is 26.9 Å². The number of fused-ring (bicyclic) bond motifs is 1. The lowest BCUT2D eigenvalue weighted by Gasteiger charge is -2.09. The fourth-order valence-corrected chi connectivity index (χ4v) is 3.68. The molecule has 0 fully saturated rings. The maximum Gasteiger partial charge on any atom is 0.0928 e. The molecule has 132 valence electrons. The second-order valence-electron chi connectivity index (χ2n) is 5.79. The number of nitrogens with zero attached hydrogens (tertiary/aromatic N) is 2. The fraction of sp³-hybridized carbons (Fsp3) is 0. The van der Waals surface area contributed by atoms with Crippen molar-refractivity contribution < 1.29 is 9.90 Å². The standard InChI is InChI=1S/C21H15N3O2S/c25-21(26)17-6-1-2-7-20(17)27-15-9-10-16-18(23-24-19(16)13-15)11-8-14-5-3-4-12-22-14/h1-13H,(H,23,24)(H,25,26)/p-1/b11-8+. The summed E-state index contributed by atoms with van der Waals surface area (Å²) in [6.07, 6.45) is 5.57. The van der Waals surface area contributed by atoms with Crippen LogP contribution in [0, 0.1) is 0 Å². The van der Waals surface area contributed by atoms with Gasteiger partial charge in [-0.1, -0.05) is 36.0 Å². The molecular formula is C21H14N3O2S-. The van der Waals surface area contributed by atoms with E-state index in [2.05, 4.69) is 15.2 Å². The van der Waals surface area contributed by atoms with Crippen LogP contribution in [0.3, 0.4) is 0 Å². The van der Waals surface area contributed by atoms with Crippen LogP contribution in [0.5, 0.6) is 0 Å². The average molecular weight is 372 g/mol. The number of aromatic carboxylic acids is 1. The number of aromatic amines is 1. The molecule has 1 N–H and O–H groups in total. The third-order valence-corrected chi connectivity index (χ3v) is 5.06. The van der Waals surface area contributed by atoms with Gasteiger partial charge in [0.25, 0.3) is 0 Å². The Labute approximate surface area is 159 Å². The number of pyridine rings is 1. The summed E-state index contributed by atoms with van der Waals surface area (Å²) < 4.78 is 0. The van der Waals surface area contributed by atoms with Crippen LogP contribution in [-0.4, -0.2) is 21.2 Å². The predicted molar refractivity (Wildman–Crippen MR) is 104 cm³/mol. The molecule has 0 saturated heterocycles. The molecule has 0 spiro atoms. The number of benzene rings is 2. The Morgan fingerprint density at radius 3 is 2.70 bits per heavy atom. The Morgan fingerprint density at radius 2 is 1.89 bits per heavy atom. The van der Waals surface area contributed by atoms with Crippen molar-refractivity contribution in [1.29, 1.82) is 0 Å². The van der Waals surface area contributed by atoms with Gasteiger partial charge in [-0.2, -0.15) is 5.10 Å². The van der Waals surface area contributed by atoms with Crippen LogP contribution in [0.1, 0.15) is 21.7 Å². The zero-order chi connectivity index (χ0) is 18.6. The van der Waals surface area contributed by atoms with Crippen LogP contribution in [0.4, 0.5) is 0 Å². The van der Waals surface area contributed by atoms with Gasteiger partial charge in [0.15, 0.2) is 0 Å². The second kappa shape index (κ2) is 7.47. The van der Waals surface area contributed by atoms with Crippen LogP contribution in [-0.2, 0) is 0 Å². The summed E-state index contributed by atoms with van der Waals surface area (Å²) in [5.41, 5.74) is 2.75. The van der Waals surface area contributed by atoms with E-state index in [-0.39, 0.29) is 5.56 Å². The number of carboxylic acid groups (broad SMARTS) is 1. The van der Waals surface area contributed by atoms with Crippen molar-refractivity contribution in [3.05, 3.63) is 83.8 Å². The Bertz CT molecular complexity index is 1140. The molecule has 0 bridgehead atoms. The van der Waals surface area contributed by atoms with Gasteiger partial charge in [-0.25, -0.2) is 0 Å². The molecule has 0 aliphatic carbocycles. The van der Waals surface area contributed by atoms with E-state index in [9.17, 15) is 9.90 Å². The SMILES string of the molecule is O=C([O-])c1ccccc1Sc1ccc2c(/C=C/c3ccccn3)n[nH]c2c1. The quantitative estimate of drug-likeness (QED) is 0.578. The topological polar surface area (TPSA) is 81.7 Å².